The summed E-state index contributed by atoms with van der Waals surface area (Å²) in [5.74, 6) is 0. The Morgan fingerprint density at radius 2 is 0.914 bits per heavy atom. The second-order valence-corrected chi connectivity index (χ2v) is 20.0. The van der Waals surface area contributed by atoms with Crippen molar-refractivity contribution < 1.29 is 0 Å². The summed E-state index contributed by atoms with van der Waals surface area (Å²) in [6.07, 6.45) is 0.815. The lowest BCUT2D eigenvalue weighted by Crippen LogP contribution is -2.52. The minimum atomic E-state index is -0.952. The summed E-state index contributed by atoms with van der Waals surface area (Å²) < 4.78 is 2.50. The molecule has 0 saturated heterocycles. The van der Waals surface area contributed by atoms with Gasteiger partial charge in [0.25, 0.3) is 0 Å². The van der Waals surface area contributed by atoms with E-state index in [1.165, 1.54) is 42.4 Å². The van der Waals surface area contributed by atoms with Crippen molar-refractivity contribution in [1.82, 2.24) is 0 Å². The fraction of sp³-hybridized carbons (Fsp3) is 0.0758. The highest BCUT2D eigenvalue weighted by Crippen LogP contribution is 2.58. The van der Waals surface area contributed by atoms with Gasteiger partial charge in [-0.2, -0.15) is 5.11 Å². The van der Waals surface area contributed by atoms with Crippen LogP contribution in [-0.4, -0.2) is 5.71 Å². The molecule has 0 bridgehead atoms. The summed E-state index contributed by atoms with van der Waals surface area (Å²) in [4.78, 5) is 0. The van der Waals surface area contributed by atoms with Crippen molar-refractivity contribution >= 4 is 37.2 Å². The molecule has 2 unspecified atom stereocenters. The van der Waals surface area contributed by atoms with Gasteiger partial charge in [-0.05, 0) is 127 Å². The van der Waals surface area contributed by atoms with Crippen LogP contribution in [0.1, 0.15) is 41.7 Å². The molecule has 1 aromatic heterocycles. The number of benzene rings is 10. The monoisotopic (exact) mass is 913 g/mol. The Balaban J connectivity index is 1.20. The Morgan fingerprint density at radius 3 is 1.67 bits per heavy atom. The number of hydrogen-bond acceptors (Lipinski definition) is 4. The van der Waals surface area contributed by atoms with Gasteiger partial charge in [0.1, 0.15) is 5.54 Å². The normalized spacial score (nSPS) is 17.1. The third-order valence-electron chi connectivity index (χ3n) is 15.3. The number of hydrogen-bond donors (Lipinski definition) is 0. The van der Waals surface area contributed by atoms with Gasteiger partial charge in [-0.3, -0.25) is 0 Å². The SMILES string of the molecule is CC1(c2cccc3c2Cc2ccccc2-3)N=NN=C(c2c(-c3ccccc3)ccc(-c3ccccc3-c3ccccc3)c2-c2cccc3sc4ccccc4c23)C1(C)c1ccccc1-c1ccccc1. The van der Waals surface area contributed by atoms with Gasteiger partial charge in [-0.1, -0.05) is 224 Å². The predicted molar refractivity (Wildman–Crippen MR) is 294 cm³/mol. The molecule has 332 valence electrons. The summed E-state index contributed by atoms with van der Waals surface area (Å²) >= 11 is 1.85. The van der Waals surface area contributed by atoms with Crippen molar-refractivity contribution in [2.45, 2.75) is 31.2 Å². The summed E-state index contributed by atoms with van der Waals surface area (Å²) in [7, 11) is 0. The van der Waals surface area contributed by atoms with E-state index < -0.39 is 11.0 Å². The first kappa shape index (κ1) is 41.8. The number of rotatable bonds is 8. The predicted octanol–water partition coefficient (Wildman–Crippen LogP) is 18.0. The average Bonchev–Trinajstić information content (AvgIpc) is 4.01. The van der Waals surface area contributed by atoms with Gasteiger partial charge in [0.05, 0.1) is 11.1 Å². The highest BCUT2D eigenvalue weighted by Gasteiger charge is 2.56. The maximum Gasteiger partial charge on any atom is 0.121 e. The first-order chi connectivity index (χ1) is 34.5. The molecule has 0 saturated carbocycles. The van der Waals surface area contributed by atoms with E-state index in [0.717, 1.165) is 84.5 Å². The zero-order valence-electron chi connectivity index (χ0n) is 39.0. The highest BCUT2D eigenvalue weighted by atomic mass is 32.1. The van der Waals surface area contributed by atoms with Crippen LogP contribution in [0, 0.1) is 0 Å². The topological polar surface area (TPSA) is 37.1 Å². The first-order valence-corrected chi connectivity index (χ1v) is 25.0. The third kappa shape index (κ3) is 6.44. The fourth-order valence-electron chi connectivity index (χ4n) is 11.8. The van der Waals surface area contributed by atoms with Crippen molar-refractivity contribution in [2.75, 3.05) is 0 Å². The molecule has 11 aromatic rings. The smallest absolute Gasteiger partial charge is 0.121 e. The molecule has 4 heteroatoms. The molecule has 10 aromatic carbocycles. The number of nitrogens with zero attached hydrogens (tertiary/aromatic N) is 3. The second-order valence-electron chi connectivity index (χ2n) is 18.9. The van der Waals surface area contributed by atoms with Crippen LogP contribution in [0.2, 0.25) is 0 Å². The standard InChI is InChI=1S/C66H47N3S/c1-65(57-36-18-16-31-49(57)44-24-8-4-9-25-44)64(67-69-68-66(65,2)58-37-20-34-52-48-30-13-12-28-46(48)42-56(52)58)63-50(45-26-10-5-11-27-45)40-41-53(51-32-15-14-29-47(51)43-22-6-3-7-23-43)62(63)55-35-21-39-60-61(55)54-33-17-19-38-59(54)70-60/h3-41H,42H2,1-2H3. The Hall–Kier alpha value is -8.31. The molecule has 0 fully saturated rings. The Labute approximate surface area is 412 Å². The van der Waals surface area contributed by atoms with Crippen LogP contribution in [0.5, 0.6) is 0 Å². The van der Waals surface area contributed by atoms with Crippen LogP contribution >= 0.6 is 11.3 Å². The first-order valence-electron chi connectivity index (χ1n) is 24.2. The summed E-state index contributed by atoms with van der Waals surface area (Å²) in [6.45, 7) is 4.71. The molecule has 2 heterocycles. The summed E-state index contributed by atoms with van der Waals surface area (Å²) in [5.41, 5.74) is 18.8. The van der Waals surface area contributed by atoms with Gasteiger partial charge in [0.15, 0.2) is 0 Å². The van der Waals surface area contributed by atoms with E-state index in [0.29, 0.717) is 0 Å². The van der Waals surface area contributed by atoms with Gasteiger partial charge < -0.3 is 0 Å². The van der Waals surface area contributed by atoms with E-state index in [9.17, 15) is 0 Å². The highest BCUT2D eigenvalue weighted by molar-refractivity contribution is 7.26. The third-order valence-corrected chi connectivity index (χ3v) is 16.4. The van der Waals surface area contributed by atoms with E-state index in [2.05, 4.69) is 250 Å². The number of thiophene rings is 1. The Bertz CT molecular complexity index is 3890. The number of fused-ring (bicyclic) bond motifs is 6. The van der Waals surface area contributed by atoms with E-state index in [4.69, 9.17) is 15.4 Å². The van der Waals surface area contributed by atoms with Crippen LogP contribution < -0.4 is 0 Å². The average molecular weight is 914 g/mol. The molecule has 1 aliphatic heterocycles. The molecular weight excluding hydrogens is 867 g/mol. The Kier molecular flexibility index (Phi) is 10.0. The van der Waals surface area contributed by atoms with Gasteiger partial charge >= 0.3 is 0 Å². The molecule has 2 atom stereocenters. The lowest BCUT2D eigenvalue weighted by molar-refractivity contribution is 0.317. The van der Waals surface area contributed by atoms with Gasteiger partial charge in [0, 0.05) is 25.7 Å². The molecule has 1 aliphatic carbocycles. The molecule has 70 heavy (non-hydrogen) atoms. The van der Waals surface area contributed by atoms with Gasteiger partial charge in [-0.25, -0.2) is 0 Å². The minimum Gasteiger partial charge on any atom is -0.156 e. The maximum atomic E-state index is 5.51. The van der Waals surface area contributed by atoms with E-state index in [1.807, 2.05) is 11.3 Å². The molecule has 2 aliphatic rings. The minimum absolute atomic E-state index is 0.815. The quantitative estimate of drug-likeness (QED) is 0.146. The van der Waals surface area contributed by atoms with E-state index >= 15 is 0 Å². The summed E-state index contributed by atoms with van der Waals surface area (Å²) in [5, 5.41) is 18.5. The van der Waals surface area contributed by atoms with Crippen LogP contribution in [0.25, 0.3) is 86.9 Å². The molecule has 0 amide bonds. The molecular formula is C66H47N3S. The molecule has 0 spiro atoms. The zero-order chi connectivity index (χ0) is 46.8. The van der Waals surface area contributed by atoms with Crippen LogP contribution in [-0.2, 0) is 17.4 Å². The van der Waals surface area contributed by atoms with Crippen molar-refractivity contribution in [3.63, 3.8) is 0 Å². The zero-order valence-corrected chi connectivity index (χ0v) is 39.8. The lowest BCUT2D eigenvalue weighted by atomic mass is 9.57. The largest absolute Gasteiger partial charge is 0.156 e. The van der Waals surface area contributed by atoms with Gasteiger partial charge in [-0.15, -0.1) is 16.4 Å². The van der Waals surface area contributed by atoms with Crippen molar-refractivity contribution in [3.05, 3.63) is 264 Å². The van der Waals surface area contributed by atoms with E-state index in [1.54, 1.807) is 0 Å². The van der Waals surface area contributed by atoms with Gasteiger partial charge in [0.2, 0.25) is 0 Å². The molecule has 13 rings (SSSR count). The van der Waals surface area contributed by atoms with Crippen LogP contribution in [0.15, 0.2) is 252 Å². The second kappa shape index (κ2) is 16.7. The Morgan fingerprint density at radius 1 is 0.386 bits per heavy atom. The maximum absolute atomic E-state index is 5.51. The van der Waals surface area contributed by atoms with Crippen molar-refractivity contribution in [2.24, 2.45) is 15.4 Å². The van der Waals surface area contributed by atoms with E-state index in [-0.39, 0.29) is 0 Å². The molecule has 0 radical (unpaired) electrons. The summed E-state index contributed by atoms with van der Waals surface area (Å²) in [6, 6.07) is 86.3. The molecule has 0 N–H and O–H groups in total. The lowest BCUT2D eigenvalue weighted by Gasteiger charge is -2.48. The van der Waals surface area contributed by atoms with Crippen LogP contribution in [0.3, 0.4) is 0 Å². The molecule has 3 nitrogen and oxygen atoms in total. The fourth-order valence-corrected chi connectivity index (χ4v) is 12.9. The van der Waals surface area contributed by atoms with Crippen LogP contribution in [0.4, 0.5) is 0 Å². The van der Waals surface area contributed by atoms with Crippen molar-refractivity contribution in [1.29, 1.82) is 0 Å². The van der Waals surface area contributed by atoms with Crippen molar-refractivity contribution in [3.8, 4) is 66.8 Å².